The number of carbonyl (C=O) groups excluding carboxylic acids is 1. The zero-order chi connectivity index (χ0) is 16.0. The fourth-order valence-corrected chi connectivity index (χ4v) is 2.33. The van der Waals surface area contributed by atoms with Gasteiger partial charge in [-0.2, -0.15) is 0 Å². The van der Waals surface area contributed by atoms with Gasteiger partial charge in [-0.05, 0) is 13.8 Å². The Kier molecular flexibility index (Phi) is 7.62. The van der Waals surface area contributed by atoms with Gasteiger partial charge in [0.25, 0.3) is 7.82 Å². The topological polar surface area (TPSA) is 84.9 Å². The van der Waals surface area contributed by atoms with Crippen molar-refractivity contribution in [2.24, 2.45) is 0 Å². The first-order valence-electron chi connectivity index (χ1n) is 6.20. The molecule has 0 aromatic carbocycles. The van der Waals surface area contributed by atoms with Gasteiger partial charge in [0.2, 0.25) is 0 Å². The number of nitrogens with zero attached hydrogens (tertiary/aromatic N) is 1. The monoisotopic (exact) mass is 309 g/mol. The molecule has 0 aliphatic heterocycles. The van der Waals surface area contributed by atoms with Gasteiger partial charge in [-0.3, -0.25) is 4.57 Å². The van der Waals surface area contributed by atoms with Crippen LogP contribution in [0.4, 0.5) is 0 Å². The van der Waals surface area contributed by atoms with E-state index in [4.69, 9.17) is 9.26 Å². The normalized spacial score (nSPS) is 16.3. The van der Waals surface area contributed by atoms with E-state index in [1.54, 1.807) is 6.92 Å². The van der Waals surface area contributed by atoms with Crippen LogP contribution in [0, 0.1) is 0 Å². The maximum absolute atomic E-state index is 11.5. The number of phosphoric acid groups is 1. The highest BCUT2D eigenvalue weighted by molar-refractivity contribution is 7.45. The smallest absolute Gasteiger partial charge is 0.333 e. The molecule has 0 aliphatic carbocycles. The van der Waals surface area contributed by atoms with Gasteiger partial charge in [0.05, 0.1) is 27.7 Å². The third kappa shape index (κ3) is 10.1. The van der Waals surface area contributed by atoms with Gasteiger partial charge in [-0.25, -0.2) is 4.79 Å². The maximum atomic E-state index is 11.5. The van der Waals surface area contributed by atoms with Crippen LogP contribution in [0.1, 0.15) is 13.8 Å². The Hall–Kier alpha value is -0.720. The quantitative estimate of drug-likeness (QED) is 0.205. The summed E-state index contributed by atoms with van der Waals surface area (Å²) in [6.07, 6.45) is -0.503. The minimum absolute atomic E-state index is 0.176. The van der Waals surface area contributed by atoms with E-state index in [9.17, 15) is 14.3 Å². The van der Waals surface area contributed by atoms with Crippen LogP contribution < -0.4 is 4.89 Å². The summed E-state index contributed by atoms with van der Waals surface area (Å²) in [6.45, 7) is 6.60. The molecule has 118 valence electrons. The third-order valence-electron chi connectivity index (χ3n) is 2.03. The number of ether oxygens (including phenoxy) is 1. The number of hydrogen-bond donors (Lipinski definition) is 0. The van der Waals surface area contributed by atoms with Crippen molar-refractivity contribution in [3.8, 4) is 0 Å². The molecule has 0 rings (SSSR count). The van der Waals surface area contributed by atoms with Crippen LogP contribution in [0.25, 0.3) is 0 Å². The molecule has 20 heavy (non-hydrogen) atoms. The van der Waals surface area contributed by atoms with Crippen LogP contribution in [0.15, 0.2) is 12.2 Å². The van der Waals surface area contributed by atoms with Crippen molar-refractivity contribution >= 4 is 13.8 Å². The molecular weight excluding hydrogens is 285 g/mol. The Morgan fingerprint density at radius 3 is 2.35 bits per heavy atom. The van der Waals surface area contributed by atoms with E-state index in [1.165, 1.54) is 6.92 Å². The molecule has 0 aromatic rings. The summed E-state index contributed by atoms with van der Waals surface area (Å²) in [5, 5.41) is 0. The number of carbonyl (C=O) groups is 1. The Bertz CT molecular complexity index is 390. The van der Waals surface area contributed by atoms with E-state index in [0.29, 0.717) is 11.0 Å². The lowest BCUT2D eigenvalue weighted by Crippen LogP contribution is -2.41. The van der Waals surface area contributed by atoms with Crippen LogP contribution in [0.3, 0.4) is 0 Å². The van der Waals surface area contributed by atoms with Crippen LogP contribution in [0.2, 0.25) is 0 Å². The number of quaternary nitrogens is 1. The van der Waals surface area contributed by atoms with Crippen molar-refractivity contribution < 1.29 is 32.5 Å². The first kappa shape index (κ1) is 19.3. The molecule has 2 atom stereocenters. The van der Waals surface area contributed by atoms with Crippen LogP contribution in [-0.4, -0.2) is 57.5 Å². The second-order valence-corrected chi connectivity index (χ2v) is 6.95. The van der Waals surface area contributed by atoms with Gasteiger partial charge in [-0.15, -0.1) is 0 Å². The zero-order valence-electron chi connectivity index (χ0n) is 12.7. The van der Waals surface area contributed by atoms with E-state index in [-0.39, 0.29) is 18.8 Å². The first-order chi connectivity index (χ1) is 8.93. The predicted octanol–water partition coefficient (Wildman–Crippen LogP) is 0.702. The van der Waals surface area contributed by atoms with E-state index < -0.39 is 19.9 Å². The number of phosphoric ester groups is 1. The van der Waals surface area contributed by atoms with Gasteiger partial charge in [0.1, 0.15) is 19.3 Å². The van der Waals surface area contributed by atoms with Crippen molar-refractivity contribution in [3.05, 3.63) is 12.2 Å². The first-order valence-corrected chi connectivity index (χ1v) is 7.66. The fourth-order valence-electron chi connectivity index (χ4n) is 1.46. The summed E-state index contributed by atoms with van der Waals surface area (Å²) in [4.78, 5) is 22.6. The molecule has 0 heterocycles. The van der Waals surface area contributed by atoms with Crippen LogP contribution >= 0.6 is 7.82 Å². The summed E-state index contributed by atoms with van der Waals surface area (Å²) in [5.41, 5.74) is 0.239. The van der Waals surface area contributed by atoms with Crippen molar-refractivity contribution in [2.75, 3.05) is 40.9 Å². The van der Waals surface area contributed by atoms with Crippen molar-refractivity contribution in [3.63, 3.8) is 0 Å². The number of hydrogen-bond acceptors (Lipinski definition) is 6. The molecule has 0 amide bonds. The summed E-state index contributed by atoms with van der Waals surface area (Å²) in [6, 6.07) is 0. The van der Waals surface area contributed by atoms with E-state index in [0.717, 1.165) is 0 Å². The second kappa shape index (κ2) is 7.90. The average Bonchev–Trinajstić information content (AvgIpc) is 2.19. The fraction of sp³-hybridized carbons (Fsp3) is 0.750. The Morgan fingerprint density at radius 2 is 1.90 bits per heavy atom. The Labute approximate surface area is 120 Å². The number of rotatable bonds is 9. The van der Waals surface area contributed by atoms with Gasteiger partial charge < -0.3 is 23.2 Å². The van der Waals surface area contributed by atoms with Gasteiger partial charge in [0.15, 0.2) is 0 Å². The highest BCUT2D eigenvalue weighted by atomic mass is 31.2. The van der Waals surface area contributed by atoms with E-state index in [2.05, 4.69) is 11.1 Å². The lowest BCUT2D eigenvalue weighted by atomic mass is 10.3. The predicted molar refractivity (Wildman–Crippen MR) is 72.8 cm³/mol. The maximum Gasteiger partial charge on any atom is 0.333 e. The largest absolute Gasteiger partial charge is 0.756 e. The average molecular weight is 309 g/mol. The molecule has 0 fully saturated rings. The standard InChI is InChI=1S/C12H24NO6P/c1-10(2)12(14)17-7-8-18-20(15,16)19-11(3)9-13(4,5)6/h11H,1,7-9H2,2-6H3. The van der Waals surface area contributed by atoms with Gasteiger partial charge in [-0.1, -0.05) is 6.58 Å². The second-order valence-electron chi connectivity index (χ2n) is 5.59. The summed E-state index contributed by atoms with van der Waals surface area (Å²) in [5.74, 6) is -0.589. The molecule has 0 N–H and O–H groups in total. The number of esters is 1. The minimum Gasteiger partial charge on any atom is -0.756 e. The van der Waals surface area contributed by atoms with Crippen molar-refractivity contribution in [1.29, 1.82) is 0 Å². The molecular formula is C12H24NO6P. The molecule has 0 bridgehead atoms. The summed E-state index contributed by atoms with van der Waals surface area (Å²) in [7, 11) is 1.38. The third-order valence-corrected chi connectivity index (χ3v) is 3.15. The zero-order valence-corrected chi connectivity index (χ0v) is 13.6. The lowest BCUT2D eigenvalue weighted by Gasteiger charge is -2.31. The van der Waals surface area contributed by atoms with Crippen LogP contribution in [-0.2, 0) is 23.1 Å². The molecule has 8 heteroatoms. The molecule has 2 unspecified atom stereocenters. The van der Waals surface area contributed by atoms with E-state index >= 15 is 0 Å². The highest BCUT2D eigenvalue weighted by Gasteiger charge is 2.20. The van der Waals surface area contributed by atoms with Crippen molar-refractivity contribution in [1.82, 2.24) is 0 Å². The molecule has 0 saturated heterocycles. The minimum atomic E-state index is -4.39. The molecule has 0 saturated carbocycles. The Morgan fingerprint density at radius 1 is 1.35 bits per heavy atom. The Balaban J connectivity index is 4.05. The SMILES string of the molecule is C=C(C)C(=O)OCCOP(=O)([O-])OC(C)C[N+](C)(C)C. The van der Waals surface area contributed by atoms with E-state index in [1.807, 2.05) is 21.1 Å². The molecule has 0 aliphatic rings. The molecule has 0 radical (unpaired) electrons. The molecule has 7 nitrogen and oxygen atoms in total. The highest BCUT2D eigenvalue weighted by Crippen LogP contribution is 2.39. The summed E-state index contributed by atoms with van der Waals surface area (Å²) >= 11 is 0. The van der Waals surface area contributed by atoms with Crippen molar-refractivity contribution in [2.45, 2.75) is 20.0 Å². The summed E-state index contributed by atoms with van der Waals surface area (Å²) < 4.78 is 26.3. The molecule has 0 aromatic heterocycles. The van der Waals surface area contributed by atoms with Gasteiger partial charge >= 0.3 is 5.97 Å². The van der Waals surface area contributed by atoms with Gasteiger partial charge in [0, 0.05) is 5.57 Å². The lowest BCUT2D eigenvalue weighted by molar-refractivity contribution is -0.873. The number of likely N-dealkylation sites (N-methyl/N-ethyl adjacent to an activating group) is 1. The van der Waals surface area contributed by atoms with Crippen LogP contribution in [0.5, 0.6) is 0 Å². The molecule has 0 spiro atoms.